The molecule has 1 aliphatic rings. The number of aliphatic hydroxyl groups is 1. The van der Waals surface area contributed by atoms with E-state index in [0.29, 0.717) is 12.8 Å². The summed E-state index contributed by atoms with van der Waals surface area (Å²) in [5.41, 5.74) is 0. The molecule has 0 radical (unpaired) electrons. The first kappa shape index (κ1) is 10.5. The van der Waals surface area contributed by atoms with Crippen molar-refractivity contribution < 1.29 is 19.7 Å². The highest BCUT2D eigenvalue weighted by Crippen LogP contribution is 2.29. The summed E-state index contributed by atoms with van der Waals surface area (Å²) >= 11 is 0. The fourth-order valence-electron chi connectivity index (χ4n) is 1.67. The second-order valence-electron chi connectivity index (χ2n) is 3.80. The van der Waals surface area contributed by atoms with E-state index in [1.165, 1.54) is 0 Å². The molecule has 0 saturated heterocycles. The summed E-state index contributed by atoms with van der Waals surface area (Å²) in [6.07, 6.45) is -0.154. The van der Waals surface area contributed by atoms with E-state index >= 15 is 0 Å². The molecule has 1 rings (SSSR count). The number of rotatable bonds is 3. The average Bonchev–Trinajstić information content (AvgIpc) is 2.31. The number of aliphatic hydroxyl groups excluding tert-OH is 1. The number of hydrogen-bond donors (Lipinski definition) is 2. The van der Waals surface area contributed by atoms with Crippen LogP contribution in [0.3, 0.4) is 0 Å². The third-order valence-corrected chi connectivity index (χ3v) is 2.27. The monoisotopic (exact) mass is 188 g/mol. The summed E-state index contributed by atoms with van der Waals surface area (Å²) in [5, 5.41) is 18.2. The number of ether oxygens (including phenoxy) is 1. The van der Waals surface area contributed by atoms with Crippen molar-refractivity contribution in [3.63, 3.8) is 0 Å². The first-order chi connectivity index (χ1) is 6.00. The van der Waals surface area contributed by atoms with Crippen molar-refractivity contribution in [3.8, 4) is 0 Å². The van der Waals surface area contributed by atoms with Gasteiger partial charge in [0.2, 0.25) is 0 Å². The minimum atomic E-state index is -0.839. The Hall–Kier alpha value is -0.610. The van der Waals surface area contributed by atoms with Crippen molar-refractivity contribution in [3.05, 3.63) is 0 Å². The zero-order valence-corrected chi connectivity index (χ0v) is 7.93. The lowest BCUT2D eigenvalue weighted by Gasteiger charge is -2.17. The quantitative estimate of drug-likeness (QED) is 0.682. The van der Waals surface area contributed by atoms with Crippen LogP contribution >= 0.6 is 0 Å². The summed E-state index contributed by atoms with van der Waals surface area (Å²) in [7, 11) is 0. The third kappa shape index (κ3) is 2.67. The molecule has 1 saturated carbocycles. The standard InChI is InChI=1S/C9H16O4/c1-5(2)13-8-4-6(9(11)12)3-7(8)10/h5-8,10H,3-4H2,1-2H3,(H,11,12)/t6-,7+,8-/m0/s1. The lowest BCUT2D eigenvalue weighted by atomic mass is 10.1. The Kier molecular flexibility index (Phi) is 3.27. The molecule has 1 fully saturated rings. The van der Waals surface area contributed by atoms with Crippen molar-refractivity contribution in [1.29, 1.82) is 0 Å². The minimum absolute atomic E-state index is 0.0344. The first-order valence-electron chi connectivity index (χ1n) is 4.57. The lowest BCUT2D eigenvalue weighted by molar-refractivity contribution is -0.142. The van der Waals surface area contributed by atoms with Gasteiger partial charge in [-0.2, -0.15) is 0 Å². The summed E-state index contributed by atoms with van der Waals surface area (Å²) in [6.45, 7) is 3.75. The normalized spacial score (nSPS) is 34.0. The Morgan fingerprint density at radius 2 is 2.08 bits per heavy atom. The molecule has 1 aliphatic carbocycles. The number of aliphatic carboxylic acids is 1. The van der Waals surface area contributed by atoms with Crippen LogP contribution in [0.2, 0.25) is 0 Å². The van der Waals surface area contributed by atoms with Crippen LogP contribution in [0, 0.1) is 5.92 Å². The number of carboxylic acid groups (broad SMARTS) is 1. The average molecular weight is 188 g/mol. The SMILES string of the molecule is CC(C)O[C@H]1C[C@@H](C(=O)O)C[C@H]1O. The van der Waals surface area contributed by atoms with Gasteiger partial charge in [-0.05, 0) is 26.7 Å². The molecule has 2 N–H and O–H groups in total. The van der Waals surface area contributed by atoms with Gasteiger partial charge in [-0.15, -0.1) is 0 Å². The predicted octanol–water partition coefficient (Wildman–Crippen LogP) is 0.635. The van der Waals surface area contributed by atoms with Crippen molar-refractivity contribution in [2.75, 3.05) is 0 Å². The molecular weight excluding hydrogens is 172 g/mol. The van der Waals surface area contributed by atoms with Gasteiger partial charge in [-0.3, -0.25) is 4.79 Å². The smallest absolute Gasteiger partial charge is 0.306 e. The van der Waals surface area contributed by atoms with Crippen LogP contribution in [0.15, 0.2) is 0 Å². The lowest BCUT2D eigenvalue weighted by Crippen LogP contribution is -2.25. The number of carboxylic acids is 1. The number of hydrogen-bond acceptors (Lipinski definition) is 3. The van der Waals surface area contributed by atoms with Crippen LogP contribution in [-0.2, 0) is 9.53 Å². The maximum absolute atomic E-state index is 10.6. The largest absolute Gasteiger partial charge is 0.481 e. The molecular formula is C9H16O4. The van der Waals surface area contributed by atoms with E-state index in [1.807, 2.05) is 13.8 Å². The van der Waals surface area contributed by atoms with Crippen molar-refractivity contribution in [2.24, 2.45) is 5.92 Å². The Bertz CT molecular complexity index is 190. The minimum Gasteiger partial charge on any atom is -0.481 e. The highest BCUT2D eigenvalue weighted by molar-refractivity contribution is 5.70. The molecule has 0 heterocycles. The highest BCUT2D eigenvalue weighted by atomic mass is 16.5. The van der Waals surface area contributed by atoms with Gasteiger partial charge in [0.25, 0.3) is 0 Å². The second kappa shape index (κ2) is 4.07. The van der Waals surface area contributed by atoms with Gasteiger partial charge in [0, 0.05) is 0 Å². The van der Waals surface area contributed by atoms with Crippen LogP contribution < -0.4 is 0 Å². The van der Waals surface area contributed by atoms with Crippen LogP contribution in [0.25, 0.3) is 0 Å². The molecule has 0 aliphatic heterocycles. The molecule has 13 heavy (non-hydrogen) atoms. The van der Waals surface area contributed by atoms with Gasteiger partial charge in [0.1, 0.15) is 0 Å². The molecule has 76 valence electrons. The topological polar surface area (TPSA) is 66.8 Å². The van der Waals surface area contributed by atoms with E-state index in [4.69, 9.17) is 9.84 Å². The highest BCUT2D eigenvalue weighted by Gasteiger charge is 2.37. The van der Waals surface area contributed by atoms with Crippen molar-refractivity contribution in [1.82, 2.24) is 0 Å². The first-order valence-corrected chi connectivity index (χ1v) is 4.57. The van der Waals surface area contributed by atoms with E-state index < -0.39 is 18.0 Å². The second-order valence-corrected chi connectivity index (χ2v) is 3.80. The predicted molar refractivity (Wildman–Crippen MR) is 46.4 cm³/mol. The Morgan fingerprint density at radius 1 is 1.46 bits per heavy atom. The fraction of sp³-hybridized carbons (Fsp3) is 0.889. The summed E-state index contributed by atoms with van der Waals surface area (Å²) in [6, 6.07) is 0. The van der Waals surface area contributed by atoms with Gasteiger partial charge in [0.05, 0.1) is 24.2 Å². The van der Waals surface area contributed by atoms with E-state index in [1.54, 1.807) is 0 Å². The van der Waals surface area contributed by atoms with Gasteiger partial charge in [-0.1, -0.05) is 0 Å². The molecule has 0 amide bonds. The third-order valence-electron chi connectivity index (χ3n) is 2.27. The van der Waals surface area contributed by atoms with Gasteiger partial charge in [0.15, 0.2) is 0 Å². The summed E-state index contributed by atoms with van der Waals surface area (Å²) in [4.78, 5) is 10.6. The fourth-order valence-corrected chi connectivity index (χ4v) is 1.67. The molecule has 0 spiro atoms. The zero-order valence-electron chi connectivity index (χ0n) is 7.93. The molecule has 4 heteroatoms. The number of carbonyl (C=O) groups is 1. The zero-order chi connectivity index (χ0) is 10.0. The van der Waals surface area contributed by atoms with Crippen LogP contribution in [0.4, 0.5) is 0 Å². The Labute approximate surface area is 77.5 Å². The molecule has 0 aromatic rings. The Balaban J connectivity index is 2.46. The molecule has 0 aromatic carbocycles. The summed E-state index contributed by atoms with van der Waals surface area (Å²) < 4.78 is 5.39. The van der Waals surface area contributed by atoms with Crippen molar-refractivity contribution in [2.45, 2.75) is 45.0 Å². The van der Waals surface area contributed by atoms with Crippen LogP contribution in [-0.4, -0.2) is 34.5 Å². The van der Waals surface area contributed by atoms with E-state index in [-0.39, 0.29) is 12.2 Å². The van der Waals surface area contributed by atoms with Gasteiger partial charge in [-0.25, -0.2) is 0 Å². The molecule has 0 aromatic heterocycles. The maximum Gasteiger partial charge on any atom is 0.306 e. The molecule has 4 nitrogen and oxygen atoms in total. The molecule has 0 bridgehead atoms. The van der Waals surface area contributed by atoms with Gasteiger partial charge < -0.3 is 14.9 Å². The molecule has 0 unspecified atom stereocenters. The maximum atomic E-state index is 10.6. The summed E-state index contributed by atoms with van der Waals surface area (Å²) in [5.74, 6) is -1.28. The molecule has 3 atom stereocenters. The van der Waals surface area contributed by atoms with Crippen molar-refractivity contribution >= 4 is 5.97 Å². The van der Waals surface area contributed by atoms with Gasteiger partial charge >= 0.3 is 5.97 Å². The van der Waals surface area contributed by atoms with Crippen LogP contribution in [0.1, 0.15) is 26.7 Å². The Morgan fingerprint density at radius 3 is 2.46 bits per heavy atom. The van der Waals surface area contributed by atoms with E-state index in [2.05, 4.69) is 0 Å². The van der Waals surface area contributed by atoms with Crippen LogP contribution in [0.5, 0.6) is 0 Å². The van der Waals surface area contributed by atoms with E-state index in [9.17, 15) is 9.90 Å². The van der Waals surface area contributed by atoms with E-state index in [0.717, 1.165) is 0 Å².